The number of hydrogen-bond acceptors (Lipinski definition) is 4. The van der Waals surface area contributed by atoms with Crippen LogP contribution >= 0.6 is 32.6 Å². The molecule has 0 atom stereocenters. The Balaban J connectivity index is -0.0000000546. The normalized spacial score (nSPS) is 9.15. The van der Waals surface area contributed by atoms with Gasteiger partial charge in [0.25, 0.3) is 0 Å². The Morgan fingerprint density at radius 2 is 1.15 bits per heavy atom. The highest BCUT2D eigenvalue weighted by Gasteiger charge is 2.00. The Hall–Kier alpha value is 0.570. The van der Waals surface area contributed by atoms with Crippen LogP contribution in [-0.4, -0.2) is 49.3 Å². The average Bonchev–Trinajstić information content (AvgIpc) is 1.83. The molecule has 0 bridgehead atoms. The van der Waals surface area contributed by atoms with Gasteiger partial charge in [0, 0.05) is 0 Å². The molecule has 6 N–H and O–H groups in total. The van der Waals surface area contributed by atoms with Crippen LogP contribution in [0.4, 0.5) is 0 Å². The molecule has 0 aromatic heterocycles. The SMILES string of the molecule is Cl.Cl.O=P(O)(O)O.OCC(O)CO. The van der Waals surface area contributed by atoms with Crippen LogP contribution in [0.2, 0.25) is 0 Å². The van der Waals surface area contributed by atoms with E-state index in [-0.39, 0.29) is 38.0 Å². The zero-order valence-corrected chi connectivity index (χ0v) is 8.87. The summed E-state index contributed by atoms with van der Waals surface area (Å²) in [7, 11) is -4.64. The minimum absolute atomic E-state index is 0. The summed E-state index contributed by atoms with van der Waals surface area (Å²) >= 11 is 0. The molecule has 0 aliphatic carbocycles. The monoisotopic (exact) mass is 262 g/mol. The van der Waals surface area contributed by atoms with Gasteiger partial charge in [-0.05, 0) is 0 Å². The highest BCUT2D eigenvalue weighted by Crippen LogP contribution is 2.25. The Labute approximate surface area is 87.1 Å². The van der Waals surface area contributed by atoms with Gasteiger partial charge in [0.05, 0.1) is 13.2 Å². The van der Waals surface area contributed by atoms with Crippen molar-refractivity contribution in [2.45, 2.75) is 6.10 Å². The third-order valence-corrected chi connectivity index (χ3v) is 0.421. The van der Waals surface area contributed by atoms with Crippen LogP contribution in [0.15, 0.2) is 0 Å². The summed E-state index contributed by atoms with van der Waals surface area (Å²) in [5, 5.41) is 24.0. The molecule has 0 rings (SSSR count). The van der Waals surface area contributed by atoms with E-state index in [1.807, 2.05) is 0 Å². The maximum atomic E-state index is 8.88. The lowest BCUT2D eigenvalue weighted by Gasteiger charge is -1.96. The van der Waals surface area contributed by atoms with E-state index in [9.17, 15) is 0 Å². The van der Waals surface area contributed by atoms with Crippen molar-refractivity contribution in [3.8, 4) is 0 Å². The van der Waals surface area contributed by atoms with Crippen molar-refractivity contribution in [1.82, 2.24) is 0 Å². The van der Waals surface area contributed by atoms with Crippen molar-refractivity contribution < 1.29 is 34.6 Å². The van der Waals surface area contributed by atoms with E-state index >= 15 is 0 Å². The molecular formula is C3H13Cl2O7P. The van der Waals surface area contributed by atoms with Gasteiger partial charge in [-0.3, -0.25) is 0 Å². The zero-order chi connectivity index (χ0) is 9.49. The van der Waals surface area contributed by atoms with Gasteiger partial charge >= 0.3 is 7.82 Å². The molecule has 0 aromatic carbocycles. The maximum Gasteiger partial charge on any atom is 0.466 e. The Bertz CT molecular complexity index is 115. The van der Waals surface area contributed by atoms with E-state index in [0.717, 1.165) is 0 Å². The van der Waals surface area contributed by atoms with Crippen LogP contribution in [0.25, 0.3) is 0 Å². The Kier molecular flexibility index (Phi) is 22.6. The highest BCUT2D eigenvalue weighted by molar-refractivity contribution is 7.45. The van der Waals surface area contributed by atoms with Crippen molar-refractivity contribution in [2.75, 3.05) is 13.2 Å². The minimum Gasteiger partial charge on any atom is -0.394 e. The molecule has 86 valence electrons. The van der Waals surface area contributed by atoms with E-state index in [1.165, 1.54) is 0 Å². The summed E-state index contributed by atoms with van der Waals surface area (Å²) in [5.41, 5.74) is 0. The Morgan fingerprint density at radius 3 is 1.15 bits per heavy atom. The number of hydrogen-bond donors (Lipinski definition) is 6. The fourth-order valence-corrected chi connectivity index (χ4v) is 0.0577. The lowest BCUT2D eigenvalue weighted by molar-refractivity contribution is 0.0450. The fraction of sp³-hybridized carbons (Fsp3) is 1.00. The molecule has 0 aliphatic rings. The molecule has 10 heteroatoms. The van der Waals surface area contributed by atoms with Gasteiger partial charge in [0.15, 0.2) is 0 Å². The van der Waals surface area contributed by atoms with Crippen molar-refractivity contribution in [2.24, 2.45) is 0 Å². The lowest BCUT2D eigenvalue weighted by Crippen LogP contribution is -2.15. The number of aliphatic hydroxyl groups excluding tert-OH is 3. The van der Waals surface area contributed by atoms with Gasteiger partial charge in [-0.1, -0.05) is 0 Å². The molecule has 0 saturated carbocycles. The number of aliphatic hydroxyl groups is 3. The minimum atomic E-state index is -4.64. The van der Waals surface area contributed by atoms with E-state index in [4.69, 9.17) is 34.6 Å². The largest absolute Gasteiger partial charge is 0.466 e. The standard InChI is InChI=1S/C3H8O3.2ClH.H3O4P/c4-1-3(6)2-5;;;1-5(2,3)4/h3-6H,1-2H2;2*1H;(H3,1,2,3,4). The third-order valence-electron chi connectivity index (χ3n) is 0.421. The number of phosphoric acid groups is 1. The topological polar surface area (TPSA) is 138 Å². The molecule has 7 nitrogen and oxygen atoms in total. The molecule has 0 saturated heterocycles. The van der Waals surface area contributed by atoms with Crippen molar-refractivity contribution >= 4 is 32.6 Å². The van der Waals surface area contributed by atoms with Crippen LogP contribution in [0.5, 0.6) is 0 Å². The van der Waals surface area contributed by atoms with E-state index in [0.29, 0.717) is 0 Å². The van der Waals surface area contributed by atoms with Crippen LogP contribution < -0.4 is 0 Å². The van der Waals surface area contributed by atoms with Crippen LogP contribution in [-0.2, 0) is 4.57 Å². The van der Waals surface area contributed by atoms with Gasteiger partial charge in [-0.15, -0.1) is 24.8 Å². The molecule has 0 aromatic rings. The van der Waals surface area contributed by atoms with Gasteiger partial charge in [-0.25, -0.2) is 4.57 Å². The second kappa shape index (κ2) is 12.6. The lowest BCUT2D eigenvalue weighted by atomic mass is 10.4. The molecule has 0 radical (unpaired) electrons. The van der Waals surface area contributed by atoms with Gasteiger partial charge in [0.1, 0.15) is 6.10 Å². The van der Waals surface area contributed by atoms with Crippen molar-refractivity contribution in [1.29, 1.82) is 0 Å². The van der Waals surface area contributed by atoms with Crippen molar-refractivity contribution in [3.63, 3.8) is 0 Å². The first kappa shape index (κ1) is 23.4. The van der Waals surface area contributed by atoms with Crippen LogP contribution in [0, 0.1) is 0 Å². The van der Waals surface area contributed by atoms with Gasteiger partial charge in [-0.2, -0.15) is 0 Å². The van der Waals surface area contributed by atoms with Gasteiger partial charge in [0.2, 0.25) is 0 Å². The van der Waals surface area contributed by atoms with E-state index in [1.54, 1.807) is 0 Å². The highest BCUT2D eigenvalue weighted by atomic mass is 35.5. The summed E-state index contributed by atoms with van der Waals surface area (Å²) in [5.74, 6) is 0. The molecule has 0 spiro atoms. The molecule has 0 fully saturated rings. The quantitative estimate of drug-likeness (QED) is 0.325. The average molecular weight is 263 g/mol. The van der Waals surface area contributed by atoms with E-state index in [2.05, 4.69) is 0 Å². The van der Waals surface area contributed by atoms with Crippen molar-refractivity contribution in [3.05, 3.63) is 0 Å². The Morgan fingerprint density at radius 1 is 1.00 bits per heavy atom. The maximum absolute atomic E-state index is 8.88. The third kappa shape index (κ3) is 67.2. The summed E-state index contributed by atoms with van der Waals surface area (Å²) in [6.07, 6.45) is -0.954. The predicted molar refractivity (Wildman–Crippen MR) is 48.9 cm³/mol. The summed E-state index contributed by atoms with van der Waals surface area (Å²) in [6.45, 7) is -0.729. The fourth-order valence-electron chi connectivity index (χ4n) is 0.0577. The second-order valence-corrected chi connectivity index (χ2v) is 2.56. The second-order valence-electron chi connectivity index (χ2n) is 1.53. The number of rotatable bonds is 2. The molecule has 0 heterocycles. The first-order valence-corrected chi connectivity index (χ1v) is 4.05. The summed E-state index contributed by atoms with van der Waals surface area (Å²) in [6, 6.07) is 0. The smallest absolute Gasteiger partial charge is 0.394 e. The molecule has 0 aliphatic heterocycles. The van der Waals surface area contributed by atoms with Gasteiger partial charge < -0.3 is 30.0 Å². The predicted octanol–water partition coefficient (Wildman–Crippen LogP) is -1.75. The van der Waals surface area contributed by atoms with Crippen LogP contribution in [0.1, 0.15) is 0 Å². The molecule has 0 unspecified atom stereocenters. The summed E-state index contributed by atoms with van der Waals surface area (Å²) in [4.78, 5) is 21.6. The zero-order valence-electron chi connectivity index (χ0n) is 6.35. The first-order chi connectivity index (χ1) is 4.81. The summed E-state index contributed by atoms with van der Waals surface area (Å²) < 4.78 is 8.88. The van der Waals surface area contributed by atoms with Crippen LogP contribution in [0.3, 0.4) is 0 Å². The molecule has 0 amide bonds. The molecule has 13 heavy (non-hydrogen) atoms. The number of halogens is 2. The van der Waals surface area contributed by atoms with E-state index < -0.39 is 13.9 Å². The first-order valence-electron chi connectivity index (χ1n) is 2.49. The molecular weight excluding hydrogens is 250 g/mol.